The van der Waals surface area contributed by atoms with Crippen LogP contribution >= 0.6 is 0 Å². The molecule has 0 aromatic heterocycles. The van der Waals surface area contributed by atoms with E-state index in [9.17, 15) is 18.3 Å². The van der Waals surface area contributed by atoms with Crippen molar-refractivity contribution in [3.05, 3.63) is 0 Å². The van der Waals surface area contributed by atoms with Crippen molar-refractivity contribution in [2.24, 2.45) is 5.92 Å². The minimum absolute atomic E-state index is 0.0233. The first kappa shape index (κ1) is 12.8. The van der Waals surface area contributed by atoms with Crippen LogP contribution in [0.25, 0.3) is 0 Å². The van der Waals surface area contributed by atoms with E-state index < -0.39 is 15.4 Å². The van der Waals surface area contributed by atoms with Gasteiger partial charge in [0.1, 0.15) is 0 Å². The molecule has 2 saturated heterocycles. The van der Waals surface area contributed by atoms with E-state index in [0.717, 1.165) is 0 Å². The molecule has 0 aliphatic carbocycles. The molecule has 5 nitrogen and oxygen atoms in total. The minimum Gasteiger partial charge on any atom is -0.388 e. The Kier molecular flexibility index (Phi) is 3.20. The van der Waals surface area contributed by atoms with E-state index in [1.165, 1.54) is 0 Å². The maximum atomic E-state index is 11.9. The number of carbonyl (C=O) groups is 1. The molecule has 2 unspecified atom stereocenters. The van der Waals surface area contributed by atoms with Gasteiger partial charge in [0, 0.05) is 19.5 Å². The summed E-state index contributed by atoms with van der Waals surface area (Å²) in [4.78, 5) is 13.6. The molecule has 0 radical (unpaired) electrons. The molecule has 0 aromatic carbocycles. The summed E-state index contributed by atoms with van der Waals surface area (Å²) in [7, 11) is -2.91. The zero-order valence-electron chi connectivity index (χ0n) is 10.1. The normalized spacial score (nSPS) is 36.4. The number of aliphatic hydroxyl groups is 1. The van der Waals surface area contributed by atoms with Crippen molar-refractivity contribution in [1.29, 1.82) is 0 Å². The van der Waals surface area contributed by atoms with E-state index in [1.54, 1.807) is 11.8 Å². The fraction of sp³-hybridized carbons (Fsp3) is 0.909. The number of β-amino-alcohol motifs (C(OH)–C–C–N with tert-alkyl or cyclic N) is 1. The Balaban J connectivity index is 1.87. The van der Waals surface area contributed by atoms with Gasteiger partial charge in [-0.25, -0.2) is 8.42 Å². The Morgan fingerprint density at radius 2 is 2.24 bits per heavy atom. The molecule has 2 atom stereocenters. The molecule has 2 heterocycles. The SMILES string of the molecule is CC1(O)CCN(C(=O)CC2CCS(=O)(=O)C2)C1. The van der Waals surface area contributed by atoms with Crippen LogP contribution in [0, 0.1) is 5.92 Å². The van der Waals surface area contributed by atoms with Crippen molar-refractivity contribution in [3.63, 3.8) is 0 Å². The fourth-order valence-electron chi connectivity index (χ4n) is 2.57. The number of carbonyl (C=O) groups excluding carboxylic acids is 1. The molecular weight excluding hydrogens is 242 g/mol. The Morgan fingerprint density at radius 3 is 2.71 bits per heavy atom. The lowest BCUT2D eigenvalue weighted by Gasteiger charge is -2.20. The molecule has 0 aromatic rings. The summed E-state index contributed by atoms with van der Waals surface area (Å²) in [5.41, 5.74) is -0.780. The predicted molar refractivity (Wildman–Crippen MR) is 63.2 cm³/mol. The molecule has 17 heavy (non-hydrogen) atoms. The molecule has 0 bridgehead atoms. The lowest BCUT2D eigenvalue weighted by Crippen LogP contribution is -2.34. The van der Waals surface area contributed by atoms with Gasteiger partial charge in [0.2, 0.25) is 5.91 Å². The van der Waals surface area contributed by atoms with Gasteiger partial charge in [-0.05, 0) is 25.7 Å². The van der Waals surface area contributed by atoms with Crippen LogP contribution in [0.2, 0.25) is 0 Å². The average molecular weight is 261 g/mol. The van der Waals surface area contributed by atoms with Crippen molar-refractivity contribution >= 4 is 15.7 Å². The van der Waals surface area contributed by atoms with Gasteiger partial charge < -0.3 is 10.0 Å². The topological polar surface area (TPSA) is 74.7 Å². The first-order valence-corrected chi connectivity index (χ1v) is 7.80. The van der Waals surface area contributed by atoms with E-state index in [2.05, 4.69) is 0 Å². The number of hydrogen-bond donors (Lipinski definition) is 1. The summed E-state index contributed by atoms with van der Waals surface area (Å²) < 4.78 is 22.6. The van der Waals surface area contributed by atoms with Crippen LogP contribution < -0.4 is 0 Å². The second kappa shape index (κ2) is 4.24. The lowest BCUT2D eigenvalue weighted by atomic mass is 10.0. The van der Waals surface area contributed by atoms with Gasteiger partial charge in [0.25, 0.3) is 0 Å². The first-order valence-electron chi connectivity index (χ1n) is 5.98. The van der Waals surface area contributed by atoms with E-state index in [0.29, 0.717) is 32.4 Å². The molecule has 2 aliphatic rings. The van der Waals surface area contributed by atoms with E-state index in [1.807, 2.05) is 0 Å². The van der Waals surface area contributed by atoms with Crippen LogP contribution in [-0.2, 0) is 14.6 Å². The van der Waals surface area contributed by atoms with Crippen molar-refractivity contribution < 1.29 is 18.3 Å². The average Bonchev–Trinajstić information content (AvgIpc) is 2.69. The molecular formula is C11H19NO4S. The summed E-state index contributed by atoms with van der Waals surface area (Å²) in [5.74, 6) is 0.300. The van der Waals surface area contributed by atoms with Gasteiger partial charge in [0.05, 0.1) is 17.1 Å². The highest BCUT2D eigenvalue weighted by molar-refractivity contribution is 7.91. The fourth-order valence-corrected chi connectivity index (χ4v) is 4.43. The zero-order chi connectivity index (χ0) is 12.7. The quantitative estimate of drug-likeness (QED) is 0.746. The van der Waals surface area contributed by atoms with Gasteiger partial charge in [0.15, 0.2) is 9.84 Å². The Morgan fingerprint density at radius 1 is 1.53 bits per heavy atom. The van der Waals surface area contributed by atoms with Gasteiger partial charge in [-0.1, -0.05) is 0 Å². The monoisotopic (exact) mass is 261 g/mol. The summed E-state index contributed by atoms with van der Waals surface area (Å²) in [6, 6.07) is 0. The van der Waals surface area contributed by atoms with E-state index in [-0.39, 0.29) is 23.3 Å². The van der Waals surface area contributed by atoms with Gasteiger partial charge in [-0.2, -0.15) is 0 Å². The molecule has 1 N–H and O–H groups in total. The summed E-state index contributed by atoms with van der Waals surface area (Å²) >= 11 is 0. The Hall–Kier alpha value is -0.620. The maximum Gasteiger partial charge on any atom is 0.222 e. The third-order valence-corrected chi connectivity index (χ3v) is 5.43. The largest absolute Gasteiger partial charge is 0.388 e. The minimum atomic E-state index is -2.91. The number of hydrogen-bond acceptors (Lipinski definition) is 4. The van der Waals surface area contributed by atoms with E-state index in [4.69, 9.17) is 0 Å². The predicted octanol–water partition coefficient (Wildman–Crippen LogP) is -0.205. The number of sulfone groups is 1. The summed E-state index contributed by atoms with van der Waals surface area (Å²) in [6.45, 7) is 2.66. The van der Waals surface area contributed by atoms with Crippen LogP contribution in [0.4, 0.5) is 0 Å². The molecule has 0 saturated carbocycles. The Labute approximate surface area is 102 Å². The molecule has 2 aliphatic heterocycles. The van der Waals surface area contributed by atoms with Crippen molar-refractivity contribution in [3.8, 4) is 0 Å². The second-order valence-corrected chi connectivity index (χ2v) is 7.76. The third-order valence-electron chi connectivity index (χ3n) is 3.59. The highest BCUT2D eigenvalue weighted by atomic mass is 32.2. The third kappa shape index (κ3) is 3.19. The van der Waals surface area contributed by atoms with Gasteiger partial charge in [-0.15, -0.1) is 0 Å². The van der Waals surface area contributed by atoms with Gasteiger partial charge in [-0.3, -0.25) is 4.79 Å². The number of rotatable bonds is 2. The summed E-state index contributed by atoms with van der Waals surface area (Å²) in [6.07, 6.45) is 1.50. The van der Waals surface area contributed by atoms with Crippen molar-refractivity contribution in [2.75, 3.05) is 24.6 Å². The highest BCUT2D eigenvalue weighted by Gasteiger charge is 2.36. The number of likely N-dealkylation sites (tertiary alicyclic amines) is 1. The second-order valence-electron chi connectivity index (χ2n) is 5.54. The van der Waals surface area contributed by atoms with Crippen LogP contribution in [0.1, 0.15) is 26.2 Å². The molecule has 0 spiro atoms. The van der Waals surface area contributed by atoms with Crippen molar-refractivity contribution in [1.82, 2.24) is 4.90 Å². The molecule has 2 fully saturated rings. The first-order chi connectivity index (χ1) is 7.77. The maximum absolute atomic E-state index is 11.9. The molecule has 2 rings (SSSR count). The number of nitrogens with zero attached hydrogens (tertiary/aromatic N) is 1. The van der Waals surface area contributed by atoms with Crippen LogP contribution in [0.15, 0.2) is 0 Å². The van der Waals surface area contributed by atoms with Gasteiger partial charge >= 0.3 is 0 Å². The lowest BCUT2D eigenvalue weighted by molar-refractivity contribution is -0.131. The van der Waals surface area contributed by atoms with E-state index >= 15 is 0 Å². The van der Waals surface area contributed by atoms with Crippen LogP contribution in [0.3, 0.4) is 0 Å². The number of amides is 1. The standard InChI is InChI=1S/C11H19NO4S/c1-11(14)3-4-12(8-11)10(13)6-9-2-5-17(15,16)7-9/h9,14H,2-8H2,1H3. The highest BCUT2D eigenvalue weighted by Crippen LogP contribution is 2.25. The summed E-state index contributed by atoms with van der Waals surface area (Å²) in [5, 5.41) is 9.77. The van der Waals surface area contributed by atoms with Crippen LogP contribution in [0.5, 0.6) is 0 Å². The van der Waals surface area contributed by atoms with Crippen LogP contribution in [-0.4, -0.2) is 54.5 Å². The zero-order valence-corrected chi connectivity index (χ0v) is 10.9. The van der Waals surface area contributed by atoms with Crippen molar-refractivity contribution in [2.45, 2.75) is 31.8 Å². The smallest absolute Gasteiger partial charge is 0.222 e. The Bertz CT molecular complexity index is 415. The molecule has 98 valence electrons. The molecule has 6 heteroatoms. The molecule has 1 amide bonds.